The molecule has 1 aromatic heterocycles. The summed E-state index contributed by atoms with van der Waals surface area (Å²) in [5.74, 6) is 0.976. The van der Waals surface area contributed by atoms with Crippen LogP contribution in [0.4, 0.5) is 0 Å². The molecule has 0 spiro atoms. The number of nitrogens with one attached hydrogen (secondary N) is 1. The molecule has 0 bridgehead atoms. The Morgan fingerprint density at radius 1 is 1.64 bits per heavy atom. The zero-order chi connectivity index (χ0) is 10.1. The molecule has 0 atom stereocenters. The molecule has 14 heavy (non-hydrogen) atoms. The number of hydrogen-bond acceptors (Lipinski definition) is 3. The van der Waals surface area contributed by atoms with Gasteiger partial charge in [0, 0.05) is 5.92 Å². The van der Waals surface area contributed by atoms with E-state index in [0.29, 0.717) is 18.2 Å². The molecule has 0 aromatic carbocycles. The van der Waals surface area contributed by atoms with Gasteiger partial charge >= 0.3 is 5.97 Å². The fraction of sp³-hybridized carbons (Fsp3) is 0.600. The van der Waals surface area contributed by atoms with Crippen LogP contribution in [0.25, 0.3) is 0 Å². The molecule has 4 heteroatoms. The molecule has 76 valence electrons. The van der Waals surface area contributed by atoms with Crippen molar-refractivity contribution >= 4 is 5.97 Å². The van der Waals surface area contributed by atoms with Gasteiger partial charge in [0.05, 0.1) is 12.3 Å². The van der Waals surface area contributed by atoms with Crippen molar-refractivity contribution in [2.45, 2.75) is 32.6 Å². The highest BCUT2D eigenvalue weighted by molar-refractivity contribution is 5.89. The highest BCUT2D eigenvalue weighted by Gasteiger charge is 2.31. The van der Waals surface area contributed by atoms with E-state index in [2.05, 4.69) is 9.97 Å². The van der Waals surface area contributed by atoms with Crippen molar-refractivity contribution in [3.8, 4) is 0 Å². The molecule has 0 unspecified atom stereocenters. The van der Waals surface area contributed by atoms with Gasteiger partial charge in [0.1, 0.15) is 5.82 Å². The Morgan fingerprint density at radius 3 is 2.93 bits per heavy atom. The Balaban J connectivity index is 2.26. The number of carbonyl (C=O) groups is 1. The molecule has 0 radical (unpaired) electrons. The predicted octanol–water partition coefficient (Wildman–Crippen LogP) is 1.77. The summed E-state index contributed by atoms with van der Waals surface area (Å²) in [6, 6.07) is 0. The van der Waals surface area contributed by atoms with E-state index in [4.69, 9.17) is 4.74 Å². The van der Waals surface area contributed by atoms with E-state index in [1.165, 1.54) is 0 Å². The Morgan fingerprint density at radius 2 is 2.36 bits per heavy atom. The van der Waals surface area contributed by atoms with Crippen LogP contribution in [0.1, 0.15) is 47.7 Å². The van der Waals surface area contributed by atoms with Crippen LogP contribution >= 0.6 is 0 Å². The normalized spacial score (nSPS) is 15.6. The van der Waals surface area contributed by atoms with E-state index in [1.807, 2.05) is 6.92 Å². The van der Waals surface area contributed by atoms with Crippen molar-refractivity contribution in [3.05, 3.63) is 17.2 Å². The average molecular weight is 194 g/mol. The standard InChI is InChI=1S/C10H14N2O2/c1-3-14-10(13)9-8(7-4-5-7)11-6(2)12-9/h7H,3-5H2,1-2H3,(H,11,12). The molecule has 1 aliphatic rings. The smallest absolute Gasteiger partial charge is 0.358 e. The quantitative estimate of drug-likeness (QED) is 0.746. The molecule has 0 amide bonds. The maximum absolute atomic E-state index is 11.5. The van der Waals surface area contributed by atoms with Crippen LogP contribution in [0.3, 0.4) is 0 Å². The molecule has 1 N–H and O–H groups in total. The lowest BCUT2D eigenvalue weighted by atomic mass is 10.2. The van der Waals surface area contributed by atoms with Gasteiger partial charge in [-0.3, -0.25) is 0 Å². The Kier molecular flexibility index (Phi) is 2.27. The third kappa shape index (κ3) is 1.64. The third-order valence-corrected chi connectivity index (χ3v) is 2.30. The number of carbonyl (C=O) groups excluding carboxylic acids is 1. The van der Waals surface area contributed by atoms with Gasteiger partial charge in [0.25, 0.3) is 0 Å². The largest absolute Gasteiger partial charge is 0.461 e. The minimum Gasteiger partial charge on any atom is -0.461 e. The molecule has 1 aliphatic carbocycles. The van der Waals surface area contributed by atoms with E-state index in [0.717, 1.165) is 24.4 Å². The molecule has 1 aromatic rings. The van der Waals surface area contributed by atoms with Crippen molar-refractivity contribution in [2.75, 3.05) is 6.61 Å². The van der Waals surface area contributed by atoms with Gasteiger partial charge in [-0.25, -0.2) is 9.78 Å². The second-order valence-corrected chi connectivity index (χ2v) is 3.58. The fourth-order valence-corrected chi connectivity index (χ4v) is 1.53. The number of rotatable bonds is 3. The number of aryl methyl sites for hydroxylation is 1. The number of imidazole rings is 1. The first kappa shape index (κ1) is 9.24. The molecule has 1 fully saturated rings. The van der Waals surface area contributed by atoms with Gasteiger partial charge in [0.2, 0.25) is 0 Å². The number of esters is 1. The molecule has 4 nitrogen and oxygen atoms in total. The van der Waals surface area contributed by atoms with Gasteiger partial charge in [-0.15, -0.1) is 0 Å². The summed E-state index contributed by atoms with van der Waals surface area (Å²) in [4.78, 5) is 18.8. The SMILES string of the molecule is CCOC(=O)c1nc(C)[nH]c1C1CC1. The molecule has 0 aliphatic heterocycles. The van der Waals surface area contributed by atoms with Gasteiger partial charge < -0.3 is 9.72 Å². The second-order valence-electron chi connectivity index (χ2n) is 3.58. The summed E-state index contributed by atoms with van der Waals surface area (Å²) in [6.45, 7) is 4.05. The van der Waals surface area contributed by atoms with Crippen LogP contribution < -0.4 is 0 Å². The van der Waals surface area contributed by atoms with E-state index < -0.39 is 0 Å². The van der Waals surface area contributed by atoms with E-state index in [9.17, 15) is 4.79 Å². The lowest BCUT2D eigenvalue weighted by Gasteiger charge is -2.00. The monoisotopic (exact) mass is 194 g/mol. The zero-order valence-corrected chi connectivity index (χ0v) is 8.46. The summed E-state index contributed by atoms with van der Waals surface area (Å²) in [7, 11) is 0. The summed E-state index contributed by atoms with van der Waals surface area (Å²) >= 11 is 0. The lowest BCUT2D eigenvalue weighted by molar-refractivity contribution is 0.0518. The fourth-order valence-electron chi connectivity index (χ4n) is 1.53. The number of aromatic amines is 1. The molecule has 1 heterocycles. The maximum atomic E-state index is 11.5. The Bertz CT molecular complexity index is 353. The van der Waals surface area contributed by atoms with E-state index in [1.54, 1.807) is 6.92 Å². The first-order valence-corrected chi connectivity index (χ1v) is 4.96. The highest BCUT2D eigenvalue weighted by Crippen LogP contribution is 2.40. The Labute approximate surface area is 82.7 Å². The van der Waals surface area contributed by atoms with E-state index >= 15 is 0 Å². The van der Waals surface area contributed by atoms with Crippen molar-refractivity contribution < 1.29 is 9.53 Å². The first-order chi connectivity index (χ1) is 6.72. The van der Waals surface area contributed by atoms with Crippen LogP contribution in [0, 0.1) is 6.92 Å². The maximum Gasteiger partial charge on any atom is 0.358 e. The van der Waals surface area contributed by atoms with Crippen LogP contribution in [-0.4, -0.2) is 22.5 Å². The van der Waals surface area contributed by atoms with Crippen molar-refractivity contribution in [1.82, 2.24) is 9.97 Å². The molecular formula is C10H14N2O2. The summed E-state index contributed by atoms with van der Waals surface area (Å²) < 4.78 is 4.94. The number of H-pyrrole nitrogens is 1. The number of aromatic nitrogens is 2. The lowest BCUT2D eigenvalue weighted by Crippen LogP contribution is -2.07. The molecule has 2 rings (SSSR count). The van der Waals surface area contributed by atoms with Crippen LogP contribution in [0.5, 0.6) is 0 Å². The van der Waals surface area contributed by atoms with Crippen molar-refractivity contribution in [2.24, 2.45) is 0 Å². The van der Waals surface area contributed by atoms with Crippen LogP contribution in [0.2, 0.25) is 0 Å². The van der Waals surface area contributed by atoms with Crippen molar-refractivity contribution in [3.63, 3.8) is 0 Å². The van der Waals surface area contributed by atoms with Gasteiger partial charge in [0.15, 0.2) is 5.69 Å². The molecular weight excluding hydrogens is 180 g/mol. The van der Waals surface area contributed by atoms with Crippen LogP contribution in [-0.2, 0) is 4.74 Å². The summed E-state index contributed by atoms with van der Waals surface area (Å²) in [5.41, 5.74) is 1.44. The minimum atomic E-state index is -0.307. The zero-order valence-electron chi connectivity index (χ0n) is 8.46. The number of hydrogen-bond donors (Lipinski definition) is 1. The topological polar surface area (TPSA) is 55.0 Å². The third-order valence-electron chi connectivity index (χ3n) is 2.30. The average Bonchev–Trinajstić information content (AvgIpc) is 2.90. The van der Waals surface area contributed by atoms with Gasteiger partial charge in [-0.2, -0.15) is 0 Å². The second kappa shape index (κ2) is 3.44. The summed E-state index contributed by atoms with van der Waals surface area (Å²) in [6.07, 6.45) is 2.29. The van der Waals surface area contributed by atoms with E-state index in [-0.39, 0.29) is 5.97 Å². The minimum absolute atomic E-state index is 0.307. The number of nitrogens with zero attached hydrogens (tertiary/aromatic N) is 1. The molecule has 0 saturated heterocycles. The van der Waals surface area contributed by atoms with Crippen LogP contribution in [0.15, 0.2) is 0 Å². The van der Waals surface area contributed by atoms with Gasteiger partial charge in [-0.05, 0) is 26.7 Å². The summed E-state index contributed by atoms with van der Waals surface area (Å²) in [5, 5.41) is 0. The van der Waals surface area contributed by atoms with Gasteiger partial charge in [-0.1, -0.05) is 0 Å². The highest BCUT2D eigenvalue weighted by atomic mass is 16.5. The number of ether oxygens (including phenoxy) is 1. The predicted molar refractivity (Wildman–Crippen MR) is 51.3 cm³/mol. The van der Waals surface area contributed by atoms with Crippen molar-refractivity contribution in [1.29, 1.82) is 0 Å². The Hall–Kier alpha value is -1.32. The first-order valence-electron chi connectivity index (χ1n) is 4.96. The molecule has 1 saturated carbocycles.